The molecule has 0 saturated carbocycles. The van der Waals surface area contributed by atoms with Gasteiger partial charge < -0.3 is 5.32 Å². The number of aryl methyl sites for hydroxylation is 1. The fourth-order valence-corrected chi connectivity index (χ4v) is 2.56. The molecule has 0 aliphatic carbocycles. The van der Waals surface area contributed by atoms with Gasteiger partial charge in [-0.2, -0.15) is 10.1 Å². The second-order valence-corrected chi connectivity index (χ2v) is 6.94. The van der Waals surface area contributed by atoms with Crippen molar-refractivity contribution in [1.29, 1.82) is 0 Å². The first kappa shape index (κ1) is 17.1. The molecular weight excluding hydrogens is 328 g/mol. The maximum absolute atomic E-state index is 13.9. The van der Waals surface area contributed by atoms with Crippen molar-refractivity contribution in [2.24, 2.45) is 0 Å². The van der Waals surface area contributed by atoms with Crippen LogP contribution in [0.5, 0.6) is 0 Å². The van der Waals surface area contributed by atoms with Gasteiger partial charge in [0.1, 0.15) is 17.0 Å². The number of hydrogen-bond donors (Lipinski definition) is 2. The molecule has 0 unspecified atom stereocenters. The molecule has 25 heavy (non-hydrogen) atoms. The van der Waals surface area contributed by atoms with E-state index in [-0.39, 0.29) is 29.2 Å². The molecular formula is C17H19F2N5O. The Hall–Kier alpha value is -2.77. The summed E-state index contributed by atoms with van der Waals surface area (Å²) in [5.74, 6) is -1.16. The lowest BCUT2D eigenvalue weighted by Crippen LogP contribution is -2.24. The third kappa shape index (κ3) is 3.24. The molecule has 0 amide bonds. The summed E-state index contributed by atoms with van der Waals surface area (Å²) in [5.41, 5.74) is 0.0598. The fourth-order valence-electron chi connectivity index (χ4n) is 2.56. The smallest absolute Gasteiger partial charge is 0.263 e. The van der Waals surface area contributed by atoms with E-state index in [2.05, 4.69) is 20.4 Å². The highest BCUT2D eigenvalue weighted by Crippen LogP contribution is 2.20. The molecule has 0 fully saturated rings. The van der Waals surface area contributed by atoms with Crippen LogP contribution >= 0.6 is 0 Å². The number of hydrogen-bond acceptors (Lipinski definition) is 4. The highest BCUT2D eigenvalue weighted by molar-refractivity contribution is 5.74. The first-order valence-electron chi connectivity index (χ1n) is 7.84. The first-order valence-corrected chi connectivity index (χ1v) is 7.84. The molecule has 0 aliphatic rings. The van der Waals surface area contributed by atoms with Crippen LogP contribution in [-0.2, 0) is 12.1 Å². The average Bonchev–Trinajstić information content (AvgIpc) is 2.90. The molecule has 2 aromatic heterocycles. The molecule has 2 heterocycles. The number of nitrogens with one attached hydrogen (secondary N) is 2. The van der Waals surface area contributed by atoms with Crippen molar-refractivity contribution in [2.75, 3.05) is 5.32 Å². The Morgan fingerprint density at radius 1 is 1.24 bits per heavy atom. The molecule has 8 heteroatoms. The molecule has 0 radical (unpaired) electrons. The molecule has 3 rings (SSSR count). The Labute approximate surface area is 142 Å². The van der Waals surface area contributed by atoms with Gasteiger partial charge in [0.2, 0.25) is 5.95 Å². The van der Waals surface area contributed by atoms with Gasteiger partial charge in [0.05, 0.1) is 11.7 Å². The molecule has 2 N–H and O–H groups in total. The number of rotatable bonds is 3. The number of fused-ring (bicyclic) bond motifs is 1. The van der Waals surface area contributed by atoms with E-state index in [4.69, 9.17) is 0 Å². The summed E-state index contributed by atoms with van der Waals surface area (Å²) in [6.45, 7) is 7.28. The van der Waals surface area contributed by atoms with Crippen LogP contribution in [0.3, 0.4) is 0 Å². The summed E-state index contributed by atoms with van der Waals surface area (Å²) >= 11 is 0. The van der Waals surface area contributed by atoms with Gasteiger partial charge >= 0.3 is 0 Å². The predicted molar refractivity (Wildman–Crippen MR) is 91.6 cm³/mol. The molecule has 0 bridgehead atoms. The van der Waals surface area contributed by atoms with Crippen LogP contribution in [0.25, 0.3) is 11.0 Å². The minimum absolute atomic E-state index is 0.113. The molecule has 0 aliphatic heterocycles. The first-order chi connectivity index (χ1) is 11.7. The molecule has 1 aromatic carbocycles. The van der Waals surface area contributed by atoms with E-state index in [9.17, 15) is 13.6 Å². The number of aromatic amines is 1. The lowest BCUT2D eigenvalue weighted by molar-refractivity contribution is 0.366. The minimum atomic E-state index is -0.645. The zero-order valence-electron chi connectivity index (χ0n) is 14.4. The Morgan fingerprint density at radius 2 is 1.88 bits per heavy atom. The largest absolute Gasteiger partial charge is 0.351 e. The van der Waals surface area contributed by atoms with Crippen molar-refractivity contribution in [3.05, 3.63) is 51.4 Å². The van der Waals surface area contributed by atoms with E-state index >= 15 is 0 Å². The molecule has 0 saturated heterocycles. The maximum atomic E-state index is 13.9. The summed E-state index contributed by atoms with van der Waals surface area (Å²) in [5, 5.41) is 7.34. The van der Waals surface area contributed by atoms with Crippen LogP contribution in [0, 0.1) is 18.6 Å². The number of halogens is 2. The molecule has 0 atom stereocenters. The zero-order chi connectivity index (χ0) is 18.4. The number of nitrogens with zero attached hydrogens (tertiary/aromatic N) is 3. The lowest BCUT2D eigenvalue weighted by Gasteiger charge is -2.19. The van der Waals surface area contributed by atoms with Crippen molar-refractivity contribution in [2.45, 2.75) is 39.8 Å². The van der Waals surface area contributed by atoms with Gasteiger partial charge in [-0.15, -0.1) is 0 Å². The van der Waals surface area contributed by atoms with Crippen LogP contribution in [0.4, 0.5) is 14.7 Å². The molecule has 0 spiro atoms. The Balaban J connectivity index is 1.96. The predicted octanol–water partition coefficient (Wildman–Crippen LogP) is 3.07. The summed E-state index contributed by atoms with van der Waals surface area (Å²) < 4.78 is 29.5. The topological polar surface area (TPSA) is 75.6 Å². The lowest BCUT2D eigenvalue weighted by atomic mass is 10.1. The Morgan fingerprint density at radius 3 is 2.48 bits per heavy atom. The van der Waals surface area contributed by atoms with Gasteiger partial charge in [-0.05, 0) is 45.4 Å². The van der Waals surface area contributed by atoms with Gasteiger partial charge in [0.25, 0.3) is 5.56 Å². The average molecular weight is 347 g/mol. The van der Waals surface area contributed by atoms with E-state index < -0.39 is 11.6 Å². The number of benzene rings is 1. The van der Waals surface area contributed by atoms with Crippen LogP contribution in [-0.4, -0.2) is 19.7 Å². The van der Waals surface area contributed by atoms with Gasteiger partial charge in [-0.3, -0.25) is 9.78 Å². The van der Waals surface area contributed by atoms with Crippen molar-refractivity contribution in [3.8, 4) is 0 Å². The van der Waals surface area contributed by atoms with E-state index in [1.165, 1.54) is 18.3 Å². The van der Waals surface area contributed by atoms with Crippen LogP contribution < -0.4 is 10.9 Å². The van der Waals surface area contributed by atoms with Gasteiger partial charge in [-0.25, -0.2) is 13.5 Å². The summed E-state index contributed by atoms with van der Waals surface area (Å²) in [7, 11) is 0. The summed E-state index contributed by atoms with van der Waals surface area (Å²) in [4.78, 5) is 19.1. The van der Waals surface area contributed by atoms with Gasteiger partial charge in [-0.1, -0.05) is 0 Å². The SMILES string of the molecule is Cc1cc(F)c(CNc2nc3c(cnn3C(C)(C)C)c(=O)[nH]2)c(F)c1. The van der Waals surface area contributed by atoms with E-state index in [0.29, 0.717) is 16.6 Å². The van der Waals surface area contributed by atoms with E-state index in [1.807, 2.05) is 20.8 Å². The quantitative estimate of drug-likeness (QED) is 0.763. The van der Waals surface area contributed by atoms with Crippen LogP contribution in [0.1, 0.15) is 31.9 Å². The number of anilines is 1. The van der Waals surface area contributed by atoms with E-state index in [0.717, 1.165) is 0 Å². The van der Waals surface area contributed by atoms with Crippen LogP contribution in [0.15, 0.2) is 23.1 Å². The van der Waals surface area contributed by atoms with Crippen molar-refractivity contribution < 1.29 is 8.78 Å². The third-order valence-electron chi connectivity index (χ3n) is 3.79. The number of aromatic nitrogens is 4. The monoisotopic (exact) mass is 347 g/mol. The number of H-pyrrole nitrogens is 1. The van der Waals surface area contributed by atoms with Crippen molar-refractivity contribution in [1.82, 2.24) is 19.7 Å². The minimum Gasteiger partial charge on any atom is -0.351 e. The standard InChI is InChI=1S/C17H19F2N5O/c1-9-5-12(18)10(13(19)6-9)7-20-16-22-14-11(15(25)23-16)8-21-24(14)17(2,3)4/h5-6,8H,7H2,1-4H3,(H2,20,22,23,25). The summed E-state index contributed by atoms with van der Waals surface area (Å²) in [6.07, 6.45) is 1.45. The summed E-state index contributed by atoms with van der Waals surface area (Å²) in [6, 6.07) is 2.52. The second-order valence-electron chi connectivity index (χ2n) is 6.94. The van der Waals surface area contributed by atoms with Gasteiger partial charge in [0, 0.05) is 12.1 Å². The second kappa shape index (κ2) is 5.94. The molecule has 6 nitrogen and oxygen atoms in total. The fraction of sp³-hybridized carbons (Fsp3) is 0.353. The highest BCUT2D eigenvalue weighted by Gasteiger charge is 2.20. The Kier molecular flexibility index (Phi) is 4.06. The third-order valence-corrected chi connectivity index (χ3v) is 3.79. The van der Waals surface area contributed by atoms with Crippen LogP contribution in [0.2, 0.25) is 0 Å². The normalized spacial score (nSPS) is 11.9. The molecule has 132 valence electrons. The zero-order valence-corrected chi connectivity index (χ0v) is 14.4. The Bertz CT molecular complexity index is 977. The van der Waals surface area contributed by atoms with Crippen molar-refractivity contribution >= 4 is 17.0 Å². The van der Waals surface area contributed by atoms with Crippen molar-refractivity contribution in [3.63, 3.8) is 0 Å². The molecule has 3 aromatic rings. The maximum Gasteiger partial charge on any atom is 0.263 e. The van der Waals surface area contributed by atoms with E-state index in [1.54, 1.807) is 11.6 Å². The highest BCUT2D eigenvalue weighted by atomic mass is 19.1. The van der Waals surface area contributed by atoms with Gasteiger partial charge in [0.15, 0.2) is 5.65 Å².